The van der Waals surface area contributed by atoms with E-state index < -0.39 is 16.0 Å². The zero-order chi connectivity index (χ0) is 13.9. The lowest BCUT2D eigenvalue weighted by molar-refractivity contribution is -0.131. The van der Waals surface area contributed by atoms with Gasteiger partial charge < -0.3 is 5.11 Å². The first-order valence-corrected chi connectivity index (χ1v) is 6.70. The fourth-order valence-corrected chi connectivity index (χ4v) is 2.61. The second-order valence-corrected chi connectivity index (χ2v) is 6.18. The smallest absolute Gasteiger partial charge is 0.328 e. The number of halogens is 1. The number of hydrogen-bond donors (Lipinski definition) is 1. The van der Waals surface area contributed by atoms with Gasteiger partial charge in [0.2, 0.25) is 10.0 Å². The predicted molar refractivity (Wildman–Crippen MR) is 69.0 cm³/mol. The van der Waals surface area contributed by atoms with Gasteiger partial charge in [0, 0.05) is 20.2 Å². The normalized spacial score (nSPS) is 12.2. The Morgan fingerprint density at radius 3 is 2.44 bits per heavy atom. The minimum absolute atomic E-state index is 0.0124. The Kier molecular flexibility index (Phi) is 4.50. The topological polar surface area (TPSA) is 74.7 Å². The average molecular weight is 290 g/mol. The molecule has 0 bridgehead atoms. The van der Waals surface area contributed by atoms with Crippen molar-refractivity contribution >= 4 is 33.7 Å². The Bertz CT molecular complexity index is 593. The first-order chi connectivity index (χ1) is 8.25. The van der Waals surface area contributed by atoms with Crippen LogP contribution in [0.1, 0.15) is 5.56 Å². The van der Waals surface area contributed by atoms with E-state index in [-0.39, 0.29) is 9.92 Å². The van der Waals surface area contributed by atoms with Crippen LogP contribution in [0.3, 0.4) is 0 Å². The minimum Gasteiger partial charge on any atom is -0.478 e. The third-order valence-electron chi connectivity index (χ3n) is 2.13. The molecule has 0 fully saturated rings. The summed E-state index contributed by atoms with van der Waals surface area (Å²) in [6.45, 7) is 0. The lowest BCUT2D eigenvalue weighted by Gasteiger charge is -2.12. The van der Waals surface area contributed by atoms with Crippen LogP contribution in [-0.4, -0.2) is 37.9 Å². The largest absolute Gasteiger partial charge is 0.478 e. The zero-order valence-electron chi connectivity index (χ0n) is 9.79. The highest BCUT2D eigenvalue weighted by molar-refractivity contribution is 7.89. The third kappa shape index (κ3) is 3.32. The molecule has 0 heterocycles. The Labute approximate surface area is 110 Å². The van der Waals surface area contributed by atoms with Gasteiger partial charge in [-0.2, -0.15) is 0 Å². The van der Waals surface area contributed by atoms with E-state index in [1.165, 1.54) is 38.4 Å². The van der Waals surface area contributed by atoms with Crippen molar-refractivity contribution in [2.45, 2.75) is 4.90 Å². The number of hydrogen-bond acceptors (Lipinski definition) is 3. The third-order valence-corrected chi connectivity index (χ3v) is 4.43. The minimum atomic E-state index is -3.59. The Balaban J connectivity index is 3.19. The first-order valence-electron chi connectivity index (χ1n) is 4.88. The van der Waals surface area contributed by atoms with Gasteiger partial charge in [0.05, 0.1) is 5.02 Å². The second-order valence-electron chi connectivity index (χ2n) is 3.65. The standard InChI is InChI=1S/C11H12ClNO4S/c1-13(2)18(16,17)10-5-3-8(7-9(10)12)4-6-11(14)15/h3-7H,1-2H3,(H,14,15). The monoisotopic (exact) mass is 289 g/mol. The highest BCUT2D eigenvalue weighted by Gasteiger charge is 2.20. The molecule has 0 spiro atoms. The van der Waals surface area contributed by atoms with Crippen LogP contribution in [-0.2, 0) is 14.8 Å². The highest BCUT2D eigenvalue weighted by atomic mass is 35.5. The summed E-state index contributed by atoms with van der Waals surface area (Å²) in [6, 6.07) is 4.23. The fraction of sp³-hybridized carbons (Fsp3) is 0.182. The van der Waals surface area contributed by atoms with Gasteiger partial charge in [-0.1, -0.05) is 17.7 Å². The van der Waals surface area contributed by atoms with Crippen LogP contribution in [0, 0.1) is 0 Å². The molecule has 0 radical (unpaired) electrons. The van der Waals surface area contributed by atoms with Crippen molar-refractivity contribution in [3.63, 3.8) is 0 Å². The van der Waals surface area contributed by atoms with Crippen molar-refractivity contribution in [3.05, 3.63) is 34.9 Å². The lowest BCUT2D eigenvalue weighted by atomic mass is 10.2. The van der Waals surface area contributed by atoms with Crippen molar-refractivity contribution in [2.75, 3.05) is 14.1 Å². The van der Waals surface area contributed by atoms with Crippen molar-refractivity contribution in [1.29, 1.82) is 0 Å². The van der Waals surface area contributed by atoms with Gasteiger partial charge in [-0.3, -0.25) is 0 Å². The van der Waals surface area contributed by atoms with Crippen molar-refractivity contribution in [1.82, 2.24) is 4.31 Å². The van der Waals surface area contributed by atoms with Crippen LogP contribution >= 0.6 is 11.6 Å². The maximum absolute atomic E-state index is 11.9. The van der Waals surface area contributed by atoms with Gasteiger partial charge in [0.25, 0.3) is 0 Å². The molecule has 0 saturated carbocycles. The Hall–Kier alpha value is -1.37. The fourth-order valence-electron chi connectivity index (χ4n) is 1.19. The maximum atomic E-state index is 11.9. The van der Waals surface area contributed by atoms with E-state index in [0.717, 1.165) is 10.4 Å². The van der Waals surface area contributed by atoms with E-state index in [2.05, 4.69) is 0 Å². The molecule has 0 atom stereocenters. The Morgan fingerprint density at radius 2 is 2.00 bits per heavy atom. The lowest BCUT2D eigenvalue weighted by Crippen LogP contribution is -2.22. The molecule has 0 aliphatic heterocycles. The number of carboxylic acids is 1. The summed E-state index contributed by atoms with van der Waals surface area (Å²) >= 11 is 5.89. The maximum Gasteiger partial charge on any atom is 0.328 e. The summed E-state index contributed by atoms with van der Waals surface area (Å²) in [5.41, 5.74) is 0.514. The van der Waals surface area contributed by atoms with E-state index >= 15 is 0 Å². The molecule has 1 aromatic carbocycles. The molecule has 0 aromatic heterocycles. The van der Waals surface area contributed by atoms with Crippen molar-refractivity contribution in [2.24, 2.45) is 0 Å². The van der Waals surface area contributed by atoms with Gasteiger partial charge in [-0.05, 0) is 23.8 Å². The Morgan fingerprint density at radius 1 is 1.39 bits per heavy atom. The van der Waals surface area contributed by atoms with Crippen LogP contribution in [0.5, 0.6) is 0 Å². The second kappa shape index (κ2) is 5.51. The van der Waals surface area contributed by atoms with E-state index in [9.17, 15) is 13.2 Å². The van der Waals surface area contributed by atoms with E-state index in [0.29, 0.717) is 5.56 Å². The number of rotatable bonds is 4. The summed E-state index contributed by atoms with van der Waals surface area (Å²) in [4.78, 5) is 10.3. The zero-order valence-corrected chi connectivity index (χ0v) is 11.4. The van der Waals surface area contributed by atoms with Crippen LogP contribution in [0.4, 0.5) is 0 Å². The molecule has 1 aromatic rings. The average Bonchev–Trinajstić information content (AvgIpc) is 2.25. The molecule has 7 heteroatoms. The summed E-state index contributed by atoms with van der Waals surface area (Å²) in [5.74, 6) is -1.09. The van der Waals surface area contributed by atoms with E-state index in [1.807, 2.05) is 0 Å². The molecular weight excluding hydrogens is 278 g/mol. The molecule has 1 rings (SSSR count). The molecule has 5 nitrogen and oxygen atoms in total. The summed E-state index contributed by atoms with van der Waals surface area (Å²) in [6.07, 6.45) is 2.28. The molecule has 0 aliphatic rings. The van der Waals surface area contributed by atoms with Gasteiger partial charge in [0.15, 0.2) is 0 Å². The van der Waals surface area contributed by atoms with Crippen LogP contribution in [0.25, 0.3) is 6.08 Å². The van der Waals surface area contributed by atoms with Crippen molar-refractivity contribution in [3.8, 4) is 0 Å². The predicted octanol–water partition coefficient (Wildman–Crippen LogP) is 1.69. The number of sulfonamides is 1. The number of benzene rings is 1. The summed E-state index contributed by atoms with van der Waals surface area (Å²) < 4.78 is 24.8. The number of nitrogens with zero attached hydrogens (tertiary/aromatic N) is 1. The van der Waals surface area contributed by atoms with E-state index in [4.69, 9.17) is 16.7 Å². The van der Waals surface area contributed by atoms with Gasteiger partial charge in [-0.15, -0.1) is 0 Å². The van der Waals surface area contributed by atoms with Crippen molar-refractivity contribution < 1.29 is 18.3 Å². The molecule has 0 amide bonds. The molecular formula is C11H12ClNO4S. The number of carboxylic acid groups (broad SMARTS) is 1. The molecule has 0 unspecified atom stereocenters. The highest BCUT2D eigenvalue weighted by Crippen LogP contribution is 2.25. The molecule has 18 heavy (non-hydrogen) atoms. The van der Waals surface area contributed by atoms with E-state index in [1.54, 1.807) is 0 Å². The summed E-state index contributed by atoms with van der Waals surface area (Å²) in [5, 5.41) is 8.53. The number of aliphatic carboxylic acids is 1. The van der Waals surface area contributed by atoms with Gasteiger partial charge in [0.1, 0.15) is 4.90 Å². The van der Waals surface area contributed by atoms with Crippen LogP contribution in [0.15, 0.2) is 29.2 Å². The molecule has 0 aliphatic carbocycles. The van der Waals surface area contributed by atoms with Crippen LogP contribution < -0.4 is 0 Å². The molecule has 98 valence electrons. The number of carbonyl (C=O) groups is 1. The van der Waals surface area contributed by atoms with Gasteiger partial charge in [-0.25, -0.2) is 17.5 Å². The van der Waals surface area contributed by atoms with Crippen LogP contribution in [0.2, 0.25) is 5.02 Å². The van der Waals surface area contributed by atoms with Gasteiger partial charge >= 0.3 is 5.97 Å². The SMILES string of the molecule is CN(C)S(=O)(=O)c1ccc(C=CC(=O)O)cc1Cl. The first kappa shape index (κ1) is 14.7. The quantitative estimate of drug-likeness (QED) is 0.856. The molecule has 1 N–H and O–H groups in total. The molecule has 0 saturated heterocycles. The summed E-state index contributed by atoms with van der Waals surface area (Å²) in [7, 11) is -0.781.